The third kappa shape index (κ3) is 4.66. The molecule has 0 aliphatic rings. The van der Waals surface area contributed by atoms with Gasteiger partial charge in [0.25, 0.3) is 5.91 Å². The molecule has 2 aromatic carbocycles. The lowest BCUT2D eigenvalue weighted by Crippen LogP contribution is -2.37. The SMILES string of the molecule is O=C(CNC(=O)c1cccc(F)c1)NCCCc1nc2ccccc2[nH]1. The molecule has 0 unspecified atom stereocenters. The number of H-pyrrole nitrogens is 1. The van der Waals surface area contributed by atoms with Crippen molar-refractivity contribution in [1.82, 2.24) is 20.6 Å². The van der Waals surface area contributed by atoms with Crippen molar-refractivity contribution in [3.63, 3.8) is 0 Å². The number of hydrogen-bond acceptors (Lipinski definition) is 3. The summed E-state index contributed by atoms with van der Waals surface area (Å²) in [4.78, 5) is 31.3. The van der Waals surface area contributed by atoms with Gasteiger partial charge in [0.1, 0.15) is 11.6 Å². The van der Waals surface area contributed by atoms with Gasteiger partial charge < -0.3 is 15.6 Å². The standard InChI is InChI=1S/C19H19FN4O2/c20-14-6-3-5-13(11-14)19(26)22-12-18(25)21-10-4-9-17-23-15-7-1-2-8-16(15)24-17/h1-3,5-8,11H,4,9-10,12H2,(H,21,25)(H,22,26)(H,23,24). The van der Waals surface area contributed by atoms with Gasteiger partial charge in [-0.3, -0.25) is 9.59 Å². The maximum atomic E-state index is 13.1. The number of aryl methyl sites for hydroxylation is 1. The number of benzene rings is 2. The zero-order valence-corrected chi connectivity index (χ0v) is 14.1. The van der Waals surface area contributed by atoms with Crippen LogP contribution in [0.15, 0.2) is 48.5 Å². The van der Waals surface area contributed by atoms with Gasteiger partial charge in [-0.2, -0.15) is 0 Å². The maximum Gasteiger partial charge on any atom is 0.251 e. The minimum atomic E-state index is -0.493. The molecule has 0 radical (unpaired) electrons. The molecule has 26 heavy (non-hydrogen) atoms. The van der Waals surface area contributed by atoms with Crippen LogP contribution in [-0.2, 0) is 11.2 Å². The molecule has 0 aliphatic heterocycles. The summed E-state index contributed by atoms with van der Waals surface area (Å²) in [6.45, 7) is 0.325. The van der Waals surface area contributed by atoms with Crippen LogP contribution >= 0.6 is 0 Å². The number of amides is 2. The number of carbonyl (C=O) groups is 2. The van der Waals surface area contributed by atoms with Crippen LogP contribution < -0.4 is 10.6 Å². The van der Waals surface area contributed by atoms with Gasteiger partial charge in [0.05, 0.1) is 17.6 Å². The van der Waals surface area contributed by atoms with Crippen LogP contribution in [0.4, 0.5) is 4.39 Å². The van der Waals surface area contributed by atoms with Crippen LogP contribution in [0.5, 0.6) is 0 Å². The van der Waals surface area contributed by atoms with Gasteiger partial charge >= 0.3 is 0 Å². The minimum absolute atomic E-state index is 0.153. The van der Waals surface area contributed by atoms with Crippen molar-refractivity contribution in [2.24, 2.45) is 0 Å². The zero-order valence-electron chi connectivity index (χ0n) is 14.1. The van der Waals surface area contributed by atoms with Crippen LogP contribution in [-0.4, -0.2) is 34.9 Å². The van der Waals surface area contributed by atoms with E-state index < -0.39 is 11.7 Å². The third-order valence-electron chi connectivity index (χ3n) is 3.85. The van der Waals surface area contributed by atoms with E-state index in [1.54, 1.807) is 0 Å². The summed E-state index contributed by atoms with van der Waals surface area (Å²) >= 11 is 0. The summed E-state index contributed by atoms with van der Waals surface area (Å²) in [5, 5.41) is 5.20. The first-order valence-corrected chi connectivity index (χ1v) is 8.36. The molecule has 0 spiro atoms. The van der Waals surface area contributed by atoms with E-state index >= 15 is 0 Å². The largest absolute Gasteiger partial charge is 0.355 e. The number of halogens is 1. The highest BCUT2D eigenvalue weighted by Crippen LogP contribution is 2.11. The van der Waals surface area contributed by atoms with Crippen LogP contribution in [0.25, 0.3) is 11.0 Å². The van der Waals surface area contributed by atoms with E-state index in [1.165, 1.54) is 18.2 Å². The summed E-state index contributed by atoms with van der Waals surface area (Å²) in [7, 11) is 0. The van der Waals surface area contributed by atoms with Gasteiger partial charge in [-0.15, -0.1) is 0 Å². The van der Waals surface area contributed by atoms with Gasteiger partial charge in [0.15, 0.2) is 0 Å². The Morgan fingerprint density at radius 3 is 2.73 bits per heavy atom. The molecular weight excluding hydrogens is 335 g/mol. The molecule has 134 valence electrons. The Hall–Kier alpha value is -3.22. The van der Waals surface area contributed by atoms with E-state index in [9.17, 15) is 14.0 Å². The number of imidazole rings is 1. The Labute approximate surface area is 149 Å². The second-order valence-electron chi connectivity index (χ2n) is 5.85. The second kappa shape index (κ2) is 8.24. The highest BCUT2D eigenvalue weighted by molar-refractivity contribution is 5.96. The second-order valence-corrected chi connectivity index (χ2v) is 5.85. The van der Waals surface area contributed by atoms with Crippen molar-refractivity contribution in [3.05, 3.63) is 65.7 Å². The number of carbonyl (C=O) groups excluding carboxylic acids is 2. The molecule has 2 amide bonds. The lowest BCUT2D eigenvalue weighted by atomic mass is 10.2. The van der Waals surface area contributed by atoms with Gasteiger partial charge in [-0.25, -0.2) is 9.37 Å². The normalized spacial score (nSPS) is 10.7. The molecule has 3 rings (SSSR count). The van der Waals surface area contributed by atoms with E-state index in [2.05, 4.69) is 20.6 Å². The zero-order chi connectivity index (χ0) is 18.4. The average molecular weight is 354 g/mol. The maximum absolute atomic E-state index is 13.1. The first kappa shape index (κ1) is 17.6. The Morgan fingerprint density at radius 2 is 1.92 bits per heavy atom. The van der Waals surface area contributed by atoms with E-state index in [-0.39, 0.29) is 18.0 Å². The quantitative estimate of drug-likeness (QED) is 0.569. The predicted octanol–water partition coefficient (Wildman–Crippen LogP) is 2.18. The van der Waals surface area contributed by atoms with Crippen LogP contribution in [0.3, 0.4) is 0 Å². The highest BCUT2D eigenvalue weighted by atomic mass is 19.1. The van der Waals surface area contributed by atoms with Crippen molar-refractivity contribution in [2.45, 2.75) is 12.8 Å². The van der Waals surface area contributed by atoms with Crippen molar-refractivity contribution in [3.8, 4) is 0 Å². The molecule has 7 heteroatoms. The van der Waals surface area contributed by atoms with Crippen molar-refractivity contribution >= 4 is 22.8 Å². The summed E-state index contributed by atoms with van der Waals surface area (Å²) < 4.78 is 13.1. The molecule has 0 aliphatic carbocycles. The Bertz CT molecular complexity index is 890. The molecule has 0 fully saturated rings. The van der Waals surface area contributed by atoms with E-state index in [1.807, 2.05) is 24.3 Å². The third-order valence-corrected chi connectivity index (χ3v) is 3.85. The number of aromatic nitrogens is 2. The molecule has 0 atom stereocenters. The fourth-order valence-electron chi connectivity index (χ4n) is 2.56. The molecular formula is C19H19FN4O2. The van der Waals surface area contributed by atoms with E-state index in [0.29, 0.717) is 13.0 Å². The lowest BCUT2D eigenvalue weighted by molar-refractivity contribution is -0.120. The summed E-state index contributed by atoms with van der Waals surface area (Å²) in [6.07, 6.45) is 1.44. The van der Waals surface area contributed by atoms with Gasteiger partial charge in [-0.1, -0.05) is 18.2 Å². The van der Waals surface area contributed by atoms with Gasteiger partial charge in [0.2, 0.25) is 5.91 Å². The van der Waals surface area contributed by atoms with Crippen LogP contribution in [0, 0.1) is 5.82 Å². The molecule has 1 aromatic heterocycles. The number of hydrogen-bond donors (Lipinski definition) is 3. The smallest absolute Gasteiger partial charge is 0.251 e. The summed E-state index contributed by atoms with van der Waals surface area (Å²) in [6, 6.07) is 13.1. The van der Waals surface area contributed by atoms with Crippen LogP contribution in [0.2, 0.25) is 0 Å². The summed E-state index contributed by atoms with van der Waals surface area (Å²) in [5.41, 5.74) is 2.10. The monoisotopic (exact) mass is 354 g/mol. The minimum Gasteiger partial charge on any atom is -0.355 e. The Morgan fingerprint density at radius 1 is 1.08 bits per heavy atom. The lowest BCUT2D eigenvalue weighted by Gasteiger charge is -2.06. The number of aromatic amines is 1. The first-order valence-electron chi connectivity index (χ1n) is 8.36. The molecule has 0 saturated heterocycles. The van der Waals surface area contributed by atoms with Crippen molar-refractivity contribution in [2.75, 3.05) is 13.1 Å². The van der Waals surface area contributed by atoms with Crippen molar-refractivity contribution < 1.29 is 14.0 Å². The molecule has 6 nitrogen and oxygen atoms in total. The molecule has 0 bridgehead atoms. The number of para-hydroxylation sites is 2. The van der Waals surface area contributed by atoms with E-state index in [0.717, 1.165) is 29.3 Å². The predicted molar refractivity (Wildman–Crippen MR) is 96.2 cm³/mol. The fraction of sp³-hybridized carbons (Fsp3) is 0.211. The Balaban J connectivity index is 1.37. The number of fused-ring (bicyclic) bond motifs is 1. The highest BCUT2D eigenvalue weighted by Gasteiger charge is 2.08. The molecule has 0 saturated carbocycles. The fourth-order valence-corrected chi connectivity index (χ4v) is 2.56. The number of nitrogens with zero attached hydrogens (tertiary/aromatic N) is 1. The molecule has 1 heterocycles. The number of rotatable bonds is 7. The van der Waals surface area contributed by atoms with Gasteiger partial charge in [-0.05, 0) is 36.8 Å². The van der Waals surface area contributed by atoms with Gasteiger partial charge in [0, 0.05) is 18.5 Å². The summed E-state index contributed by atoms with van der Waals surface area (Å²) in [5.74, 6) is -0.395. The Kier molecular flexibility index (Phi) is 5.58. The first-order chi connectivity index (χ1) is 12.6. The topological polar surface area (TPSA) is 86.9 Å². The van der Waals surface area contributed by atoms with E-state index in [4.69, 9.17) is 0 Å². The van der Waals surface area contributed by atoms with Crippen molar-refractivity contribution in [1.29, 1.82) is 0 Å². The number of nitrogens with one attached hydrogen (secondary N) is 3. The molecule has 3 N–H and O–H groups in total. The average Bonchev–Trinajstić information content (AvgIpc) is 3.06. The molecule has 3 aromatic rings. The van der Waals surface area contributed by atoms with Crippen LogP contribution in [0.1, 0.15) is 22.6 Å².